The van der Waals surface area contributed by atoms with Gasteiger partial charge in [-0.2, -0.15) is 13.2 Å². The molecular formula is C19H20Cl2F3N3O2. The molecule has 1 saturated heterocycles. The quantitative estimate of drug-likeness (QED) is 0.506. The molecule has 1 aromatic heterocycles. The van der Waals surface area contributed by atoms with Crippen LogP contribution in [0.5, 0.6) is 0 Å². The third-order valence-electron chi connectivity index (χ3n) is 4.53. The lowest BCUT2D eigenvalue weighted by molar-refractivity contribution is -0.137. The van der Waals surface area contributed by atoms with Crippen molar-refractivity contribution in [3.8, 4) is 0 Å². The minimum atomic E-state index is -4.35. The van der Waals surface area contributed by atoms with Crippen molar-refractivity contribution in [2.75, 3.05) is 44.2 Å². The van der Waals surface area contributed by atoms with Gasteiger partial charge in [0.1, 0.15) is 11.8 Å². The molecule has 2 aromatic rings. The second-order valence-corrected chi connectivity index (χ2v) is 6.71. The van der Waals surface area contributed by atoms with Crippen LogP contribution in [0.15, 0.2) is 42.6 Å². The number of benzene rings is 1. The van der Waals surface area contributed by atoms with Gasteiger partial charge in [0.15, 0.2) is 0 Å². The normalized spacial score (nSPS) is 15.0. The van der Waals surface area contributed by atoms with Crippen LogP contribution < -0.4 is 4.90 Å². The number of alkyl halides is 3. The Balaban J connectivity index is 0.00000300. The number of hydrogen-bond acceptors (Lipinski definition) is 5. The highest BCUT2D eigenvalue weighted by atomic mass is 35.5. The molecule has 0 N–H and O–H groups in total. The molecule has 158 valence electrons. The summed E-state index contributed by atoms with van der Waals surface area (Å²) in [7, 11) is 0. The van der Waals surface area contributed by atoms with E-state index in [1.165, 1.54) is 18.3 Å². The van der Waals surface area contributed by atoms with E-state index in [9.17, 15) is 18.0 Å². The molecule has 0 aliphatic carbocycles. The zero-order chi connectivity index (χ0) is 20.1. The summed E-state index contributed by atoms with van der Waals surface area (Å²) in [5.41, 5.74) is 0.138. The molecule has 0 atom stereocenters. The van der Waals surface area contributed by atoms with E-state index in [4.69, 9.17) is 16.3 Å². The highest BCUT2D eigenvalue weighted by molar-refractivity contribution is 6.32. The van der Waals surface area contributed by atoms with Gasteiger partial charge in [-0.15, -0.1) is 12.4 Å². The minimum Gasteiger partial charge on any atom is -0.461 e. The molecule has 1 aromatic carbocycles. The lowest BCUT2D eigenvalue weighted by Gasteiger charge is -2.36. The van der Waals surface area contributed by atoms with Crippen LogP contribution in [-0.2, 0) is 10.9 Å². The van der Waals surface area contributed by atoms with Crippen LogP contribution in [0, 0.1) is 0 Å². The maximum Gasteiger partial charge on any atom is 0.416 e. The number of pyridine rings is 1. The Hall–Kier alpha value is -2.03. The highest BCUT2D eigenvalue weighted by Crippen LogP contribution is 2.31. The first-order valence-electron chi connectivity index (χ1n) is 8.77. The Morgan fingerprint density at radius 1 is 1.14 bits per heavy atom. The molecule has 0 unspecified atom stereocenters. The largest absolute Gasteiger partial charge is 0.461 e. The van der Waals surface area contributed by atoms with Crippen molar-refractivity contribution in [3.05, 3.63) is 58.9 Å². The number of carbonyl (C=O) groups is 1. The van der Waals surface area contributed by atoms with Gasteiger partial charge in [0.25, 0.3) is 0 Å². The number of ether oxygens (including phenoxy) is 1. The predicted molar refractivity (Wildman–Crippen MR) is 107 cm³/mol. The van der Waals surface area contributed by atoms with Crippen LogP contribution in [0.1, 0.15) is 15.9 Å². The van der Waals surface area contributed by atoms with Gasteiger partial charge in [0, 0.05) is 44.6 Å². The van der Waals surface area contributed by atoms with Crippen LogP contribution in [0.2, 0.25) is 5.15 Å². The van der Waals surface area contributed by atoms with Crippen molar-refractivity contribution < 1.29 is 22.7 Å². The van der Waals surface area contributed by atoms with Gasteiger partial charge in [-0.1, -0.05) is 17.7 Å². The lowest BCUT2D eigenvalue weighted by Crippen LogP contribution is -2.47. The summed E-state index contributed by atoms with van der Waals surface area (Å²) in [6.07, 6.45) is -2.86. The number of nitrogens with zero attached hydrogens (tertiary/aromatic N) is 3. The molecular weight excluding hydrogens is 430 g/mol. The smallest absolute Gasteiger partial charge is 0.416 e. The van der Waals surface area contributed by atoms with Crippen molar-refractivity contribution in [1.82, 2.24) is 9.88 Å². The van der Waals surface area contributed by atoms with Gasteiger partial charge in [-0.25, -0.2) is 9.78 Å². The Labute approximate surface area is 177 Å². The fourth-order valence-electron chi connectivity index (χ4n) is 2.99. The molecule has 1 aliphatic rings. The summed E-state index contributed by atoms with van der Waals surface area (Å²) in [6, 6.07) is 8.51. The number of halogens is 5. The predicted octanol–water partition coefficient (Wildman–Crippen LogP) is 4.15. The number of carbonyl (C=O) groups excluding carboxylic acids is 1. The molecule has 2 heterocycles. The second kappa shape index (κ2) is 10.1. The van der Waals surface area contributed by atoms with E-state index in [-0.39, 0.29) is 29.7 Å². The fourth-order valence-corrected chi connectivity index (χ4v) is 3.19. The van der Waals surface area contributed by atoms with Crippen molar-refractivity contribution >= 4 is 35.7 Å². The number of anilines is 1. The zero-order valence-corrected chi connectivity index (χ0v) is 16.9. The zero-order valence-electron chi connectivity index (χ0n) is 15.4. The number of piperazine rings is 1. The summed E-state index contributed by atoms with van der Waals surface area (Å²) in [5, 5.41) is 0.0993. The first-order valence-corrected chi connectivity index (χ1v) is 9.14. The highest BCUT2D eigenvalue weighted by Gasteiger charge is 2.31. The molecule has 0 spiro atoms. The average Bonchev–Trinajstić information content (AvgIpc) is 2.68. The molecule has 1 aliphatic heterocycles. The molecule has 29 heavy (non-hydrogen) atoms. The van der Waals surface area contributed by atoms with Gasteiger partial charge < -0.3 is 9.64 Å². The maximum absolute atomic E-state index is 12.9. The van der Waals surface area contributed by atoms with E-state index in [1.807, 2.05) is 4.90 Å². The Bertz CT molecular complexity index is 828. The monoisotopic (exact) mass is 449 g/mol. The van der Waals surface area contributed by atoms with Crippen LogP contribution in [0.4, 0.5) is 18.9 Å². The number of rotatable bonds is 5. The first-order chi connectivity index (χ1) is 13.3. The average molecular weight is 450 g/mol. The van der Waals surface area contributed by atoms with Crippen LogP contribution in [0.25, 0.3) is 0 Å². The summed E-state index contributed by atoms with van der Waals surface area (Å²) in [6.45, 7) is 3.28. The van der Waals surface area contributed by atoms with E-state index >= 15 is 0 Å². The first kappa shape index (κ1) is 23.3. The molecule has 0 radical (unpaired) electrons. The number of esters is 1. The number of hydrogen-bond donors (Lipinski definition) is 0. The Morgan fingerprint density at radius 2 is 1.86 bits per heavy atom. The summed E-state index contributed by atoms with van der Waals surface area (Å²) in [5.74, 6) is -0.527. The van der Waals surface area contributed by atoms with Gasteiger partial charge in [0.05, 0.1) is 11.1 Å². The summed E-state index contributed by atoms with van der Waals surface area (Å²) >= 11 is 5.86. The SMILES string of the molecule is Cl.O=C(OCCN1CCN(c2cccc(C(F)(F)F)c2)CC1)c1cccnc1Cl. The van der Waals surface area contributed by atoms with Crippen molar-refractivity contribution in [3.63, 3.8) is 0 Å². The fraction of sp³-hybridized carbons (Fsp3) is 0.368. The third kappa shape index (κ3) is 6.22. The molecule has 5 nitrogen and oxygen atoms in total. The van der Waals surface area contributed by atoms with E-state index < -0.39 is 17.7 Å². The molecule has 0 saturated carbocycles. The van der Waals surface area contributed by atoms with Crippen molar-refractivity contribution in [2.24, 2.45) is 0 Å². The topological polar surface area (TPSA) is 45.7 Å². The summed E-state index contributed by atoms with van der Waals surface area (Å²) < 4.78 is 43.8. The van der Waals surface area contributed by atoms with Crippen LogP contribution in [-0.4, -0.2) is 55.2 Å². The minimum absolute atomic E-state index is 0. The maximum atomic E-state index is 12.9. The third-order valence-corrected chi connectivity index (χ3v) is 4.83. The molecule has 0 bridgehead atoms. The molecule has 3 rings (SSSR count). The van der Waals surface area contributed by atoms with E-state index in [2.05, 4.69) is 9.88 Å². The number of aromatic nitrogens is 1. The standard InChI is InChI=1S/C19H19ClF3N3O2.ClH/c20-17-16(5-2-6-24-17)18(27)28-12-11-25-7-9-26(10-8-25)15-4-1-3-14(13-15)19(21,22)23;/h1-6,13H,7-12H2;1H. The summed E-state index contributed by atoms with van der Waals surface area (Å²) in [4.78, 5) is 19.8. The van der Waals surface area contributed by atoms with Crippen molar-refractivity contribution in [1.29, 1.82) is 0 Å². The Kier molecular flexibility index (Phi) is 8.13. The van der Waals surface area contributed by atoms with Gasteiger partial charge >= 0.3 is 12.1 Å². The van der Waals surface area contributed by atoms with E-state index in [1.54, 1.807) is 18.2 Å². The molecule has 10 heteroatoms. The van der Waals surface area contributed by atoms with Gasteiger partial charge in [-0.05, 0) is 30.3 Å². The molecule has 1 fully saturated rings. The molecule has 0 amide bonds. The van der Waals surface area contributed by atoms with E-state index in [0.717, 1.165) is 6.07 Å². The Morgan fingerprint density at radius 3 is 2.52 bits per heavy atom. The second-order valence-electron chi connectivity index (χ2n) is 6.35. The van der Waals surface area contributed by atoms with Crippen LogP contribution >= 0.6 is 24.0 Å². The lowest BCUT2D eigenvalue weighted by atomic mass is 10.1. The van der Waals surface area contributed by atoms with Gasteiger partial charge in [0.2, 0.25) is 0 Å². The van der Waals surface area contributed by atoms with Crippen LogP contribution in [0.3, 0.4) is 0 Å². The van der Waals surface area contributed by atoms with Gasteiger partial charge in [-0.3, -0.25) is 4.90 Å². The van der Waals surface area contributed by atoms with Crippen molar-refractivity contribution in [2.45, 2.75) is 6.18 Å². The van der Waals surface area contributed by atoms with E-state index in [0.29, 0.717) is 38.4 Å².